The summed E-state index contributed by atoms with van der Waals surface area (Å²) in [6, 6.07) is 5.31. The van der Waals surface area contributed by atoms with Gasteiger partial charge < -0.3 is 0 Å². The summed E-state index contributed by atoms with van der Waals surface area (Å²) in [4.78, 5) is 34.8. The van der Waals surface area contributed by atoms with Gasteiger partial charge in [-0.15, -0.1) is 22.7 Å². The van der Waals surface area contributed by atoms with Crippen molar-refractivity contribution in [3.63, 3.8) is 0 Å². The van der Waals surface area contributed by atoms with E-state index in [1.54, 1.807) is 12.3 Å². The molecule has 0 atom stereocenters. The van der Waals surface area contributed by atoms with E-state index < -0.39 is 0 Å². The van der Waals surface area contributed by atoms with E-state index in [2.05, 4.69) is 15.3 Å². The van der Waals surface area contributed by atoms with Crippen molar-refractivity contribution in [3.8, 4) is 0 Å². The van der Waals surface area contributed by atoms with E-state index in [0.29, 0.717) is 25.9 Å². The summed E-state index contributed by atoms with van der Waals surface area (Å²) in [5, 5.41) is 5.61. The number of nitrogens with one attached hydrogen (secondary N) is 1. The molecular formula is C16H12N4O2S2. The molecule has 0 aliphatic rings. The first-order valence-corrected chi connectivity index (χ1v) is 8.87. The Kier molecular flexibility index (Phi) is 3.43. The number of aromatic nitrogens is 3. The van der Waals surface area contributed by atoms with Crippen LogP contribution in [0, 0.1) is 13.8 Å². The molecule has 0 bridgehead atoms. The number of amides is 1. The number of nitrogens with zero attached hydrogens (tertiary/aromatic N) is 3. The minimum Gasteiger partial charge on any atom is -0.297 e. The number of rotatable bonds is 2. The molecule has 0 aliphatic carbocycles. The molecule has 4 heterocycles. The molecule has 0 fully saturated rings. The quantitative estimate of drug-likeness (QED) is 0.598. The second kappa shape index (κ2) is 5.50. The van der Waals surface area contributed by atoms with Crippen LogP contribution in [0.5, 0.6) is 0 Å². The number of carbonyl (C=O) groups is 1. The molecule has 120 valence electrons. The predicted octanol–water partition coefficient (Wildman–Crippen LogP) is 3.23. The number of aryl methyl sites for hydroxylation is 2. The van der Waals surface area contributed by atoms with Gasteiger partial charge in [-0.2, -0.15) is 0 Å². The van der Waals surface area contributed by atoms with Crippen molar-refractivity contribution in [1.29, 1.82) is 0 Å². The topological polar surface area (TPSA) is 76.4 Å². The lowest BCUT2D eigenvalue weighted by atomic mass is 10.3. The Bertz CT molecular complexity index is 1160. The predicted molar refractivity (Wildman–Crippen MR) is 96.4 cm³/mol. The van der Waals surface area contributed by atoms with E-state index in [0.717, 1.165) is 11.3 Å². The van der Waals surface area contributed by atoms with Crippen LogP contribution in [0.3, 0.4) is 0 Å². The van der Waals surface area contributed by atoms with Gasteiger partial charge in [0.2, 0.25) is 0 Å². The van der Waals surface area contributed by atoms with Crippen molar-refractivity contribution < 1.29 is 4.79 Å². The number of carbonyl (C=O) groups excluding carboxylic acids is 1. The van der Waals surface area contributed by atoms with Gasteiger partial charge in [-0.1, -0.05) is 6.07 Å². The lowest BCUT2D eigenvalue weighted by Crippen LogP contribution is -2.14. The van der Waals surface area contributed by atoms with Crippen LogP contribution in [-0.2, 0) is 0 Å². The van der Waals surface area contributed by atoms with E-state index in [9.17, 15) is 9.59 Å². The van der Waals surface area contributed by atoms with Crippen molar-refractivity contribution in [2.24, 2.45) is 0 Å². The van der Waals surface area contributed by atoms with Gasteiger partial charge in [-0.05, 0) is 31.5 Å². The first kappa shape index (κ1) is 15.0. The molecule has 0 aromatic carbocycles. The van der Waals surface area contributed by atoms with Gasteiger partial charge in [0.15, 0.2) is 5.13 Å². The van der Waals surface area contributed by atoms with Crippen LogP contribution >= 0.6 is 22.7 Å². The summed E-state index contributed by atoms with van der Waals surface area (Å²) in [5.74, 6) is -0.280. The SMILES string of the molecule is Cc1csc(NC(=O)c2cc3c(=O)n4cccc(C)c4nc3s2)n1. The molecule has 24 heavy (non-hydrogen) atoms. The zero-order chi connectivity index (χ0) is 16.8. The maximum atomic E-state index is 12.6. The molecular weight excluding hydrogens is 344 g/mol. The standard InChI is InChI=1S/C16H12N4O2S2/c1-8-4-3-5-20-12(8)18-14-10(15(20)22)6-11(24-14)13(21)19-16-17-9(2)7-23-16/h3-7H,1-2H3,(H,17,19,21). The van der Waals surface area contributed by atoms with Gasteiger partial charge in [0.05, 0.1) is 16.0 Å². The molecule has 0 saturated carbocycles. The van der Waals surface area contributed by atoms with Gasteiger partial charge in [-0.3, -0.25) is 19.3 Å². The zero-order valence-electron chi connectivity index (χ0n) is 12.9. The van der Waals surface area contributed by atoms with Crippen LogP contribution in [-0.4, -0.2) is 20.3 Å². The van der Waals surface area contributed by atoms with E-state index in [1.807, 2.05) is 31.4 Å². The molecule has 1 amide bonds. The highest BCUT2D eigenvalue weighted by atomic mass is 32.1. The Hall–Kier alpha value is -2.58. The van der Waals surface area contributed by atoms with E-state index in [4.69, 9.17) is 0 Å². The molecule has 0 unspecified atom stereocenters. The molecule has 6 nitrogen and oxygen atoms in total. The minimum atomic E-state index is -0.280. The molecule has 0 saturated heterocycles. The molecule has 4 aromatic heterocycles. The first-order chi connectivity index (χ1) is 11.5. The number of anilines is 1. The lowest BCUT2D eigenvalue weighted by molar-refractivity contribution is 0.103. The minimum absolute atomic E-state index is 0.168. The van der Waals surface area contributed by atoms with Gasteiger partial charge in [0.25, 0.3) is 11.5 Å². The largest absolute Gasteiger partial charge is 0.297 e. The molecule has 1 N–H and O–H groups in total. The number of pyridine rings is 1. The number of thiazole rings is 1. The Morgan fingerprint density at radius 1 is 1.29 bits per heavy atom. The molecule has 0 radical (unpaired) electrons. The third-order valence-electron chi connectivity index (χ3n) is 3.59. The van der Waals surface area contributed by atoms with Crippen LogP contribution in [0.1, 0.15) is 20.9 Å². The third-order valence-corrected chi connectivity index (χ3v) is 5.50. The Morgan fingerprint density at radius 2 is 2.12 bits per heavy atom. The van der Waals surface area contributed by atoms with Crippen LogP contribution < -0.4 is 10.9 Å². The highest BCUT2D eigenvalue weighted by Crippen LogP contribution is 2.24. The van der Waals surface area contributed by atoms with Crippen LogP contribution in [0.4, 0.5) is 5.13 Å². The monoisotopic (exact) mass is 356 g/mol. The fourth-order valence-electron chi connectivity index (χ4n) is 2.44. The fourth-order valence-corrected chi connectivity index (χ4v) is 4.04. The van der Waals surface area contributed by atoms with Crippen molar-refractivity contribution in [1.82, 2.24) is 14.4 Å². The summed E-state index contributed by atoms with van der Waals surface area (Å²) in [6.07, 6.45) is 1.69. The average molecular weight is 356 g/mol. The van der Waals surface area contributed by atoms with E-state index in [1.165, 1.54) is 27.1 Å². The van der Waals surface area contributed by atoms with Crippen LogP contribution in [0.25, 0.3) is 15.9 Å². The summed E-state index contributed by atoms with van der Waals surface area (Å²) in [7, 11) is 0. The summed E-state index contributed by atoms with van der Waals surface area (Å²) >= 11 is 2.58. The molecule has 4 aromatic rings. The maximum absolute atomic E-state index is 12.6. The molecule has 4 rings (SSSR count). The van der Waals surface area contributed by atoms with Crippen LogP contribution in [0.15, 0.2) is 34.6 Å². The number of fused-ring (bicyclic) bond motifs is 2. The summed E-state index contributed by atoms with van der Waals surface area (Å²) in [6.45, 7) is 3.77. The maximum Gasteiger partial charge on any atom is 0.267 e. The fraction of sp³-hybridized carbons (Fsp3) is 0.125. The zero-order valence-corrected chi connectivity index (χ0v) is 14.5. The second-order valence-electron chi connectivity index (χ2n) is 5.38. The molecule has 0 aliphatic heterocycles. The normalized spacial score (nSPS) is 11.2. The van der Waals surface area contributed by atoms with Crippen molar-refractivity contribution in [2.45, 2.75) is 13.8 Å². The molecule has 0 spiro atoms. The number of hydrogen-bond donors (Lipinski definition) is 1. The van der Waals surface area contributed by atoms with Gasteiger partial charge in [0, 0.05) is 11.6 Å². The Balaban J connectivity index is 1.82. The van der Waals surface area contributed by atoms with E-state index >= 15 is 0 Å². The second-order valence-corrected chi connectivity index (χ2v) is 7.27. The Labute approximate surface area is 144 Å². The smallest absolute Gasteiger partial charge is 0.267 e. The Morgan fingerprint density at radius 3 is 2.88 bits per heavy atom. The van der Waals surface area contributed by atoms with Crippen LogP contribution in [0.2, 0.25) is 0 Å². The van der Waals surface area contributed by atoms with Crippen molar-refractivity contribution >= 4 is 49.6 Å². The summed E-state index contributed by atoms with van der Waals surface area (Å²) < 4.78 is 1.51. The van der Waals surface area contributed by atoms with Crippen molar-refractivity contribution in [3.05, 3.63) is 56.3 Å². The van der Waals surface area contributed by atoms with Crippen molar-refractivity contribution in [2.75, 3.05) is 5.32 Å². The first-order valence-electron chi connectivity index (χ1n) is 7.18. The van der Waals surface area contributed by atoms with E-state index in [-0.39, 0.29) is 11.5 Å². The highest BCUT2D eigenvalue weighted by Gasteiger charge is 2.16. The third kappa shape index (κ3) is 2.40. The van der Waals surface area contributed by atoms with Gasteiger partial charge >= 0.3 is 0 Å². The number of thiophene rings is 1. The summed E-state index contributed by atoms with van der Waals surface area (Å²) in [5.41, 5.74) is 2.21. The number of hydrogen-bond acceptors (Lipinski definition) is 6. The molecule has 8 heteroatoms. The lowest BCUT2D eigenvalue weighted by Gasteiger charge is -2.02. The van der Waals surface area contributed by atoms with Gasteiger partial charge in [0.1, 0.15) is 10.5 Å². The highest BCUT2D eigenvalue weighted by molar-refractivity contribution is 7.20. The van der Waals surface area contributed by atoms with Gasteiger partial charge in [-0.25, -0.2) is 9.97 Å². The average Bonchev–Trinajstić information content (AvgIpc) is 3.15.